The highest BCUT2D eigenvalue weighted by Gasteiger charge is 2.26. The fourth-order valence-corrected chi connectivity index (χ4v) is 1.69. The summed E-state index contributed by atoms with van der Waals surface area (Å²) in [6, 6.07) is 5.59. The molecule has 4 N–H and O–H groups in total. The molecule has 6 nitrogen and oxygen atoms in total. The highest BCUT2D eigenvalue weighted by Crippen LogP contribution is 2.14. The number of phenolic OH excluding ortho intramolecular Hbond substituents is 1. The van der Waals surface area contributed by atoms with E-state index in [4.69, 9.17) is 10.5 Å². The number of nitrogens with two attached hydrogens (primary N) is 1. The van der Waals surface area contributed by atoms with Crippen molar-refractivity contribution in [3.05, 3.63) is 29.8 Å². The van der Waals surface area contributed by atoms with Crippen LogP contribution < -0.4 is 11.1 Å². The van der Waals surface area contributed by atoms with Gasteiger partial charge < -0.3 is 20.9 Å². The number of hydrogen-bond acceptors (Lipinski definition) is 5. The molecule has 0 saturated carbocycles. The van der Waals surface area contributed by atoms with Crippen molar-refractivity contribution in [1.29, 1.82) is 0 Å². The van der Waals surface area contributed by atoms with E-state index in [0.717, 1.165) is 5.56 Å². The summed E-state index contributed by atoms with van der Waals surface area (Å²) >= 11 is 0. The van der Waals surface area contributed by atoms with Crippen LogP contribution in [0.3, 0.4) is 0 Å². The lowest BCUT2D eigenvalue weighted by molar-refractivity contribution is -0.158. The molecule has 0 bridgehead atoms. The molecule has 0 aliphatic carbocycles. The van der Waals surface area contributed by atoms with Crippen molar-refractivity contribution < 1.29 is 19.4 Å². The van der Waals surface area contributed by atoms with Crippen LogP contribution in [0.5, 0.6) is 5.75 Å². The second-order valence-electron chi connectivity index (χ2n) is 5.73. The number of aromatic hydroxyl groups is 1. The van der Waals surface area contributed by atoms with Crippen LogP contribution in [-0.2, 0) is 20.7 Å². The van der Waals surface area contributed by atoms with Crippen molar-refractivity contribution in [2.75, 3.05) is 6.54 Å². The third-order valence-corrected chi connectivity index (χ3v) is 2.59. The number of carbonyl (C=O) groups excluding carboxylic acids is 2. The highest BCUT2D eigenvalue weighted by atomic mass is 16.6. The number of nitrogens with one attached hydrogen (secondary N) is 1. The first-order valence-corrected chi connectivity index (χ1v) is 6.71. The summed E-state index contributed by atoms with van der Waals surface area (Å²) in [5.41, 5.74) is 5.42. The van der Waals surface area contributed by atoms with Crippen LogP contribution in [0.15, 0.2) is 24.3 Å². The number of hydrogen-bond donors (Lipinski definition) is 3. The minimum atomic E-state index is -0.815. The van der Waals surface area contributed by atoms with E-state index in [9.17, 15) is 14.7 Å². The summed E-state index contributed by atoms with van der Waals surface area (Å²) in [5, 5.41) is 11.8. The Balaban J connectivity index is 2.83. The molecule has 1 atom stereocenters. The van der Waals surface area contributed by atoms with Gasteiger partial charge in [-0.05, 0) is 38.5 Å². The van der Waals surface area contributed by atoms with Crippen LogP contribution in [0.4, 0.5) is 0 Å². The van der Waals surface area contributed by atoms with E-state index in [0.29, 0.717) is 0 Å². The lowest BCUT2D eigenvalue weighted by Crippen LogP contribution is -2.47. The maximum absolute atomic E-state index is 12.2. The fraction of sp³-hybridized carbons (Fsp3) is 0.467. The summed E-state index contributed by atoms with van der Waals surface area (Å²) in [6.45, 7) is 5.07. The Bertz CT molecular complexity index is 491. The molecule has 1 amide bonds. The molecular weight excluding hydrogens is 272 g/mol. The van der Waals surface area contributed by atoms with Gasteiger partial charge in [-0.15, -0.1) is 0 Å². The summed E-state index contributed by atoms with van der Waals surface area (Å²) in [7, 11) is 0. The van der Waals surface area contributed by atoms with Gasteiger partial charge in [0.15, 0.2) is 0 Å². The Kier molecular flexibility index (Phi) is 5.72. The van der Waals surface area contributed by atoms with E-state index in [1.165, 1.54) is 12.1 Å². The average Bonchev–Trinajstić information content (AvgIpc) is 2.38. The zero-order valence-electron chi connectivity index (χ0n) is 12.6. The Morgan fingerprint density at radius 3 is 2.33 bits per heavy atom. The van der Waals surface area contributed by atoms with Crippen molar-refractivity contribution in [1.82, 2.24) is 5.32 Å². The molecule has 0 saturated heterocycles. The van der Waals surface area contributed by atoms with Gasteiger partial charge in [0, 0.05) is 6.42 Å². The van der Waals surface area contributed by atoms with Crippen LogP contribution in [0.2, 0.25) is 0 Å². The maximum Gasteiger partial charge on any atom is 0.329 e. The van der Waals surface area contributed by atoms with Gasteiger partial charge in [0.1, 0.15) is 17.4 Å². The molecule has 0 spiro atoms. The van der Waals surface area contributed by atoms with Crippen molar-refractivity contribution in [3.8, 4) is 5.75 Å². The maximum atomic E-state index is 12.2. The predicted molar refractivity (Wildman–Crippen MR) is 78.6 cm³/mol. The van der Waals surface area contributed by atoms with Gasteiger partial charge in [0.25, 0.3) is 0 Å². The van der Waals surface area contributed by atoms with Crippen LogP contribution in [0, 0.1) is 0 Å². The normalized spacial score (nSPS) is 12.6. The van der Waals surface area contributed by atoms with Gasteiger partial charge >= 0.3 is 5.97 Å². The van der Waals surface area contributed by atoms with Crippen LogP contribution in [0.1, 0.15) is 26.3 Å². The molecular formula is C15H22N2O4. The lowest BCUT2D eigenvalue weighted by Gasteiger charge is -2.24. The first kappa shape index (κ1) is 17.0. The van der Waals surface area contributed by atoms with Gasteiger partial charge in [-0.3, -0.25) is 4.79 Å². The van der Waals surface area contributed by atoms with Crippen LogP contribution in [-0.4, -0.2) is 35.2 Å². The van der Waals surface area contributed by atoms with Gasteiger partial charge in [-0.2, -0.15) is 0 Å². The first-order chi connectivity index (χ1) is 9.71. The lowest BCUT2D eigenvalue weighted by atomic mass is 10.1. The van der Waals surface area contributed by atoms with Crippen LogP contribution >= 0.6 is 0 Å². The van der Waals surface area contributed by atoms with Crippen molar-refractivity contribution >= 4 is 11.9 Å². The van der Waals surface area contributed by atoms with Gasteiger partial charge in [0.05, 0.1) is 6.54 Å². The summed E-state index contributed by atoms with van der Waals surface area (Å²) in [4.78, 5) is 23.6. The summed E-state index contributed by atoms with van der Waals surface area (Å²) in [6.07, 6.45) is 0.265. The van der Waals surface area contributed by atoms with Crippen LogP contribution in [0.25, 0.3) is 0 Å². The molecule has 21 heavy (non-hydrogen) atoms. The van der Waals surface area contributed by atoms with E-state index < -0.39 is 23.5 Å². The molecule has 1 aromatic rings. The second kappa shape index (κ2) is 7.08. The number of amides is 1. The number of esters is 1. The molecule has 116 valence electrons. The average molecular weight is 294 g/mol. The summed E-state index contributed by atoms with van der Waals surface area (Å²) < 4.78 is 5.30. The number of carbonyl (C=O) groups is 2. The predicted octanol–water partition coefficient (Wildman–Crippen LogP) is 0.720. The summed E-state index contributed by atoms with van der Waals surface area (Å²) in [5.74, 6) is -0.805. The molecule has 0 heterocycles. The second-order valence-corrected chi connectivity index (χ2v) is 5.73. The Morgan fingerprint density at radius 2 is 1.86 bits per heavy atom. The minimum absolute atomic E-state index is 0.138. The standard InChI is InChI=1S/C15H22N2O4/c1-15(2,3)21-14(20)12(17-13(19)9-16)8-10-4-6-11(18)7-5-10/h4-7,12,18H,8-9,16H2,1-3H3,(H,17,19)/t12-/m1/s1. The van der Waals surface area contributed by atoms with Gasteiger partial charge in [-0.1, -0.05) is 12.1 Å². The molecule has 0 radical (unpaired) electrons. The third kappa shape index (κ3) is 6.27. The SMILES string of the molecule is CC(C)(C)OC(=O)[C@@H](Cc1ccc(O)cc1)NC(=O)CN. The molecule has 0 fully saturated rings. The Morgan fingerprint density at radius 1 is 1.29 bits per heavy atom. The first-order valence-electron chi connectivity index (χ1n) is 6.71. The monoisotopic (exact) mass is 294 g/mol. The zero-order chi connectivity index (χ0) is 16.0. The molecule has 1 aromatic carbocycles. The van der Waals surface area contributed by atoms with Crippen molar-refractivity contribution in [3.63, 3.8) is 0 Å². The van der Waals surface area contributed by atoms with Gasteiger partial charge in [0.2, 0.25) is 5.91 Å². The van der Waals surface area contributed by atoms with E-state index >= 15 is 0 Å². The zero-order valence-corrected chi connectivity index (χ0v) is 12.6. The van der Waals surface area contributed by atoms with E-state index in [2.05, 4.69) is 5.32 Å². The van der Waals surface area contributed by atoms with Gasteiger partial charge in [-0.25, -0.2) is 4.79 Å². The van der Waals surface area contributed by atoms with E-state index in [1.54, 1.807) is 32.9 Å². The molecule has 0 aromatic heterocycles. The molecule has 0 aliphatic rings. The van der Waals surface area contributed by atoms with E-state index in [-0.39, 0.29) is 18.7 Å². The molecule has 0 unspecified atom stereocenters. The largest absolute Gasteiger partial charge is 0.508 e. The Hall–Kier alpha value is -2.08. The smallest absolute Gasteiger partial charge is 0.329 e. The number of phenols is 1. The van der Waals surface area contributed by atoms with Crippen molar-refractivity contribution in [2.24, 2.45) is 5.73 Å². The number of ether oxygens (including phenoxy) is 1. The minimum Gasteiger partial charge on any atom is -0.508 e. The van der Waals surface area contributed by atoms with Crippen molar-refractivity contribution in [2.45, 2.75) is 38.8 Å². The Labute approximate surface area is 124 Å². The highest BCUT2D eigenvalue weighted by molar-refractivity contribution is 5.85. The fourth-order valence-electron chi connectivity index (χ4n) is 1.69. The van der Waals surface area contributed by atoms with E-state index in [1.807, 2.05) is 0 Å². The third-order valence-electron chi connectivity index (χ3n) is 2.59. The number of rotatable bonds is 5. The molecule has 0 aliphatic heterocycles. The molecule has 6 heteroatoms. The quantitative estimate of drug-likeness (QED) is 0.695. The number of benzene rings is 1. The molecule has 1 rings (SSSR count). The topological polar surface area (TPSA) is 102 Å².